The molecule has 2 aliphatic rings. The lowest BCUT2D eigenvalue weighted by molar-refractivity contribution is -0.139. The molecule has 2 aliphatic heterocycles. The van der Waals surface area contributed by atoms with E-state index in [0.29, 0.717) is 13.0 Å². The van der Waals surface area contributed by atoms with E-state index in [1.807, 2.05) is 6.07 Å². The number of nitrogens with one attached hydrogen (secondary N) is 1. The normalized spacial score (nSPS) is 28.3. The molecule has 0 aliphatic carbocycles. The minimum Gasteiger partial charge on any atom is -0.470 e. The van der Waals surface area contributed by atoms with Crippen LogP contribution < -0.4 is 10.1 Å². The van der Waals surface area contributed by atoms with Gasteiger partial charge in [-0.05, 0) is 13.3 Å². The van der Waals surface area contributed by atoms with Crippen molar-refractivity contribution < 1.29 is 27.4 Å². The Morgan fingerprint density at radius 2 is 2.21 bits per heavy atom. The summed E-state index contributed by atoms with van der Waals surface area (Å²) < 4.78 is 54.1. The summed E-state index contributed by atoms with van der Waals surface area (Å²) in [6, 6.07) is 1.20. The molecule has 12 nitrogen and oxygen atoms in total. The first-order valence-corrected chi connectivity index (χ1v) is 12.2. The average Bonchev–Trinajstić information content (AvgIpc) is 3.24. The third-order valence-corrected chi connectivity index (χ3v) is 7.70. The van der Waals surface area contributed by atoms with E-state index in [1.54, 1.807) is 14.0 Å². The summed E-state index contributed by atoms with van der Waals surface area (Å²) in [7, 11) is -2.25. The smallest absolute Gasteiger partial charge is 0.246 e. The molecule has 4 rings (SSSR count). The summed E-state index contributed by atoms with van der Waals surface area (Å²) >= 11 is 0. The van der Waals surface area contributed by atoms with Gasteiger partial charge in [0.05, 0.1) is 31.6 Å². The Kier molecular flexibility index (Phi) is 6.72. The molecule has 0 aromatic carbocycles. The second-order valence-electron chi connectivity index (χ2n) is 8.60. The molecule has 2 fully saturated rings. The van der Waals surface area contributed by atoms with Crippen molar-refractivity contribution in [1.82, 2.24) is 24.1 Å². The molecule has 0 bridgehead atoms. The number of halogens is 1. The maximum absolute atomic E-state index is 15.0. The number of alkyl halides is 1. The highest BCUT2D eigenvalue weighted by atomic mass is 32.2. The van der Waals surface area contributed by atoms with E-state index < -0.39 is 33.9 Å². The van der Waals surface area contributed by atoms with Gasteiger partial charge in [0.2, 0.25) is 21.9 Å². The first kappa shape index (κ1) is 24.3. The highest BCUT2D eigenvalue weighted by Gasteiger charge is 2.39. The zero-order valence-corrected chi connectivity index (χ0v) is 19.6. The lowest BCUT2D eigenvalue weighted by Crippen LogP contribution is -2.51. The van der Waals surface area contributed by atoms with Crippen LogP contribution in [0.5, 0.6) is 5.88 Å². The summed E-state index contributed by atoms with van der Waals surface area (Å²) in [5.74, 6) is 0.0103. The van der Waals surface area contributed by atoms with E-state index in [-0.39, 0.29) is 48.4 Å². The van der Waals surface area contributed by atoms with Crippen LogP contribution in [0.2, 0.25) is 0 Å². The number of nitriles is 1. The second kappa shape index (κ2) is 9.41. The number of hydrogen-bond donors (Lipinski definition) is 2. The molecule has 4 heterocycles. The van der Waals surface area contributed by atoms with Gasteiger partial charge in [0.1, 0.15) is 34.4 Å². The van der Waals surface area contributed by atoms with Crippen LogP contribution in [-0.4, -0.2) is 87.8 Å². The first-order chi connectivity index (χ1) is 16.1. The highest BCUT2D eigenvalue weighted by Crippen LogP contribution is 2.28. The minimum absolute atomic E-state index is 0.00909. The van der Waals surface area contributed by atoms with Gasteiger partial charge in [-0.25, -0.2) is 17.8 Å². The predicted octanol–water partition coefficient (Wildman–Crippen LogP) is 0.214. The van der Waals surface area contributed by atoms with Gasteiger partial charge in [-0.15, -0.1) is 0 Å². The topological polar surface area (TPSA) is 155 Å². The maximum atomic E-state index is 15.0. The largest absolute Gasteiger partial charge is 0.470 e. The van der Waals surface area contributed by atoms with Crippen molar-refractivity contribution in [2.24, 2.45) is 7.05 Å². The van der Waals surface area contributed by atoms with Crippen molar-refractivity contribution in [3.63, 3.8) is 0 Å². The van der Waals surface area contributed by atoms with Crippen LogP contribution in [0.3, 0.4) is 0 Å². The zero-order chi connectivity index (χ0) is 24.5. The van der Waals surface area contributed by atoms with Crippen molar-refractivity contribution in [3.05, 3.63) is 24.2 Å². The molecule has 0 radical (unpaired) electrons. The summed E-state index contributed by atoms with van der Waals surface area (Å²) in [5, 5.41) is 26.6. The van der Waals surface area contributed by atoms with E-state index in [0.717, 1.165) is 4.31 Å². The fraction of sp³-hybridized carbons (Fsp3) is 0.600. The molecule has 2 aromatic rings. The average molecular weight is 496 g/mol. The fourth-order valence-electron chi connectivity index (χ4n) is 3.90. The number of nitrogens with zero attached hydrogens (tertiary/aromatic N) is 6. The van der Waals surface area contributed by atoms with Crippen LogP contribution in [-0.2, 0) is 21.8 Å². The Hall–Kier alpha value is -2.86. The van der Waals surface area contributed by atoms with E-state index in [2.05, 4.69) is 20.4 Å². The molecular formula is C20H26FN7O5S. The zero-order valence-electron chi connectivity index (χ0n) is 18.8. The third kappa shape index (κ3) is 4.97. The van der Waals surface area contributed by atoms with Crippen LogP contribution in [0.4, 0.5) is 10.3 Å². The van der Waals surface area contributed by atoms with Gasteiger partial charge in [0.15, 0.2) is 0 Å². The molecule has 2 N–H and O–H groups in total. The van der Waals surface area contributed by atoms with Crippen LogP contribution in [0.1, 0.15) is 25.3 Å². The Morgan fingerprint density at radius 1 is 1.41 bits per heavy atom. The van der Waals surface area contributed by atoms with E-state index in [1.165, 1.54) is 23.3 Å². The lowest BCUT2D eigenvalue weighted by Gasteiger charge is -2.36. The molecule has 4 atom stereocenters. The molecule has 184 valence electrons. The Morgan fingerprint density at radius 3 is 2.85 bits per heavy atom. The van der Waals surface area contributed by atoms with Crippen molar-refractivity contribution >= 4 is 16.0 Å². The van der Waals surface area contributed by atoms with E-state index in [9.17, 15) is 23.2 Å². The van der Waals surface area contributed by atoms with Gasteiger partial charge in [0, 0.05) is 32.8 Å². The van der Waals surface area contributed by atoms with Gasteiger partial charge in [-0.3, -0.25) is 4.68 Å². The number of anilines is 1. The van der Waals surface area contributed by atoms with Gasteiger partial charge in [0.25, 0.3) is 0 Å². The molecule has 14 heteroatoms. The number of ether oxygens (including phenoxy) is 2. The Bertz CT molecular complexity index is 1180. The monoisotopic (exact) mass is 495 g/mol. The van der Waals surface area contributed by atoms with Crippen LogP contribution in [0, 0.1) is 11.3 Å². The summed E-state index contributed by atoms with van der Waals surface area (Å²) in [6.45, 7) is 1.81. The minimum atomic E-state index is -3.85. The number of sulfonamides is 1. The maximum Gasteiger partial charge on any atom is 0.246 e. The van der Waals surface area contributed by atoms with Crippen molar-refractivity contribution in [2.75, 3.05) is 31.6 Å². The number of hydrogen-bond acceptors (Lipinski definition) is 10. The molecule has 34 heavy (non-hydrogen) atoms. The number of aromatic nitrogens is 4. The van der Waals surface area contributed by atoms with E-state index in [4.69, 9.17) is 9.47 Å². The first-order valence-electron chi connectivity index (χ1n) is 10.7. The van der Waals surface area contributed by atoms with Gasteiger partial charge >= 0.3 is 0 Å². The highest BCUT2D eigenvalue weighted by molar-refractivity contribution is 7.89. The number of aryl methyl sites for hydroxylation is 1. The number of aliphatic hydroxyl groups is 1. The van der Waals surface area contributed by atoms with Crippen molar-refractivity contribution in [2.45, 2.75) is 48.6 Å². The van der Waals surface area contributed by atoms with Crippen LogP contribution in [0.15, 0.2) is 23.5 Å². The van der Waals surface area contributed by atoms with Crippen molar-refractivity contribution in [1.29, 1.82) is 5.26 Å². The van der Waals surface area contributed by atoms with Gasteiger partial charge < -0.3 is 19.9 Å². The molecule has 2 saturated heterocycles. The quantitative estimate of drug-likeness (QED) is 0.568. The Labute approximate surface area is 196 Å². The Balaban J connectivity index is 1.45. The SMILES string of the molecule is Cn1cc(S(=O)(=O)N2CC[C@@H](Nc3ncc(C#N)c(OC4CCOCC4(C)O)n3)[C@H](F)C2)cn1. The fourth-order valence-corrected chi connectivity index (χ4v) is 5.35. The standard InChI is InChI=1S/C20H26FN7O5S/c1-20(29)12-32-6-4-17(20)33-18-13(7-22)8-23-19(26-18)25-16-3-5-28(11-15(16)21)34(30,31)14-9-24-27(2)10-14/h8-10,15-17,29H,3-6,11-12H2,1-2H3,(H,23,25,26)/t15-,16-,17?,20?/m1/s1. The van der Waals surface area contributed by atoms with Crippen LogP contribution >= 0.6 is 0 Å². The molecule has 0 spiro atoms. The molecule has 0 amide bonds. The van der Waals surface area contributed by atoms with Crippen LogP contribution in [0.25, 0.3) is 0 Å². The predicted molar refractivity (Wildman–Crippen MR) is 116 cm³/mol. The number of piperidine rings is 1. The second-order valence-corrected chi connectivity index (χ2v) is 10.5. The molecule has 2 unspecified atom stereocenters. The lowest BCUT2D eigenvalue weighted by atomic mass is 9.95. The summed E-state index contributed by atoms with van der Waals surface area (Å²) in [4.78, 5) is 8.30. The summed E-state index contributed by atoms with van der Waals surface area (Å²) in [5.41, 5.74) is -1.19. The van der Waals surface area contributed by atoms with Gasteiger partial charge in [-0.2, -0.15) is 19.6 Å². The van der Waals surface area contributed by atoms with Gasteiger partial charge in [-0.1, -0.05) is 0 Å². The molecular weight excluding hydrogens is 469 g/mol. The van der Waals surface area contributed by atoms with E-state index >= 15 is 0 Å². The van der Waals surface area contributed by atoms with Crippen molar-refractivity contribution in [3.8, 4) is 11.9 Å². The molecule has 0 saturated carbocycles. The number of rotatable bonds is 6. The summed E-state index contributed by atoms with van der Waals surface area (Å²) in [6.07, 6.45) is 2.26. The third-order valence-electron chi connectivity index (χ3n) is 5.88. The molecule has 2 aromatic heterocycles.